The molecular weight excluding hydrogens is 452 g/mol. The van der Waals surface area contributed by atoms with Gasteiger partial charge in [-0.25, -0.2) is 9.99 Å². The van der Waals surface area contributed by atoms with Crippen LogP contribution in [0.4, 0.5) is 11.8 Å². The van der Waals surface area contributed by atoms with Crippen LogP contribution in [0.2, 0.25) is 0 Å². The van der Waals surface area contributed by atoms with Crippen LogP contribution in [-0.2, 0) is 4.74 Å². The maximum atomic E-state index is 6.14. The van der Waals surface area contributed by atoms with Gasteiger partial charge in [0, 0.05) is 37.8 Å². The highest BCUT2D eigenvalue weighted by molar-refractivity contribution is 5.84. The Kier molecular flexibility index (Phi) is 8.59. The molecule has 2 saturated carbocycles. The van der Waals surface area contributed by atoms with Crippen LogP contribution in [0.25, 0.3) is 11.2 Å². The zero-order chi connectivity index (χ0) is 24.9. The van der Waals surface area contributed by atoms with Crippen molar-refractivity contribution >= 4 is 22.9 Å². The van der Waals surface area contributed by atoms with E-state index in [4.69, 9.17) is 25.4 Å². The number of aromatic nitrogens is 4. The number of hydrogen-bond acceptors (Lipinski definition) is 8. The summed E-state index contributed by atoms with van der Waals surface area (Å²) < 4.78 is 8.38. The first-order chi connectivity index (χ1) is 17.6. The number of nitrogens with one attached hydrogen (secondary N) is 2. The molecule has 36 heavy (non-hydrogen) atoms. The normalized spacial score (nSPS) is 25.4. The SMILES string of the molecule is CCCC(OCC)C1CCN(Nc2nc(NC3CCC(N)CC3)nc3c2ncn3C2CCCC2)CC1. The number of imidazole rings is 1. The van der Waals surface area contributed by atoms with Gasteiger partial charge in [0.25, 0.3) is 0 Å². The number of hydrogen-bond donors (Lipinski definition) is 3. The van der Waals surface area contributed by atoms with Crippen molar-refractivity contribution in [2.45, 2.75) is 115 Å². The van der Waals surface area contributed by atoms with Gasteiger partial charge in [-0.15, -0.1) is 0 Å². The number of rotatable bonds is 10. The molecule has 0 amide bonds. The highest BCUT2D eigenvalue weighted by Crippen LogP contribution is 2.34. The Morgan fingerprint density at radius 1 is 1.03 bits per heavy atom. The molecule has 2 aromatic heterocycles. The van der Waals surface area contributed by atoms with E-state index in [2.05, 4.69) is 34.2 Å². The van der Waals surface area contributed by atoms with E-state index < -0.39 is 0 Å². The van der Waals surface area contributed by atoms with Crippen LogP contribution in [0, 0.1) is 5.92 Å². The van der Waals surface area contributed by atoms with Gasteiger partial charge in [0.15, 0.2) is 17.0 Å². The molecule has 1 atom stereocenters. The molecule has 1 saturated heterocycles. The lowest BCUT2D eigenvalue weighted by Crippen LogP contribution is -2.41. The maximum absolute atomic E-state index is 6.14. The topological polar surface area (TPSA) is 106 Å². The Morgan fingerprint density at radius 2 is 1.78 bits per heavy atom. The summed E-state index contributed by atoms with van der Waals surface area (Å²) in [6, 6.07) is 1.20. The minimum absolute atomic E-state index is 0.329. The van der Waals surface area contributed by atoms with Crippen molar-refractivity contribution in [1.82, 2.24) is 24.5 Å². The number of hydrazine groups is 1. The summed E-state index contributed by atoms with van der Waals surface area (Å²) in [6.45, 7) is 7.12. The van der Waals surface area contributed by atoms with Crippen molar-refractivity contribution in [3.63, 3.8) is 0 Å². The fraction of sp³-hybridized carbons (Fsp3) is 0.815. The molecular formula is C27H46N8O. The summed E-state index contributed by atoms with van der Waals surface area (Å²) >= 11 is 0. The first-order valence-corrected chi connectivity index (χ1v) is 14.5. The van der Waals surface area contributed by atoms with E-state index in [0.717, 1.165) is 81.6 Å². The van der Waals surface area contributed by atoms with Crippen LogP contribution in [0.15, 0.2) is 6.33 Å². The van der Waals surface area contributed by atoms with E-state index in [0.29, 0.717) is 36.1 Å². The first kappa shape index (κ1) is 25.7. The highest BCUT2D eigenvalue weighted by Gasteiger charge is 2.28. The predicted molar refractivity (Wildman–Crippen MR) is 145 cm³/mol. The molecule has 3 fully saturated rings. The monoisotopic (exact) mass is 498 g/mol. The number of ether oxygens (including phenoxy) is 1. The molecule has 0 radical (unpaired) electrons. The first-order valence-electron chi connectivity index (χ1n) is 14.5. The van der Waals surface area contributed by atoms with Gasteiger partial charge >= 0.3 is 0 Å². The summed E-state index contributed by atoms with van der Waals surface area (Å²) in [7, 11) is 0. The average molecular weight is 499 g/mol. The van der Waals surface area contributed by atoms with Crippen LogP contribution < -0.4 is 16.5 Å². The van der Waals surface area contributed by atoms with Gasteiger partial charge in [0.2, 0.25) is 5.95 Å². The third-order valence-corrected chi connectivity index (χ3v) is 8.53. The molecule has 0 aromatic carbocycles. The van der Waals surface area contributed by atoms with Crippen molar-refractivity contribution in [2.24, 2.45) is 11.7 Å². The van der Waals surface area contributed by atoms with Crippen molar-refractivity contribution in [3.8, 4) is 0 Å². The van der Waals surface area contributed by atoms with Gasteiger partial charge in [0.05, 0.1) is 12.4 Å². The Bertz CT molecular complexity index is 952. The molecule has 3 heterocycles. The van der Waals surface area contributed by atoms with Crippen LogP contribution in [-0.4, -0.2) is 62.4 Å². The predicted octanol–water partition coefficient (Wildman–Crippen LogP) is 4.87. The van der Waals surface area contributed by atoms with E-state index in [1.165, 1.54) is 32.1 Å². The summed E-state index contributed by atoms with van der Waals surface area (Å²) in [5, 5.41) is 5.95. The standard InChI is InChI=1S/C27H46N8O/c1-3-7-23(36-4-2)19-14-16-34(17-15-19)33-25-24-26(35(18-29-24)22-8-5-6-9-22)32-27(31-25)30-21-12-10-20(28)11-13-21/h18-23H,3-17,28H2,1-2H3,(H2,30,31,32,33). The third-order valence-electron chi connectivity index (χ3n) is 8.53. The second kappa shape index (κ2) is 12.0. The van der Waals surface area contributed by atoms with E-state index in [-0.39, 0.29) is 0 Å². The zero-order valence-corrected chi connectivity index (χ0v) is 22.3. The fourth-order valence-electron chi connectivity index (χ4n) is 6.44. The zero-order valence-electron chi connectivity index (χ0n) is 22.3. The molecule has 200 valence electrons. The quantitative estimate of drug-likeness (QED) is 0.426. The van der Waals surface area contributed by atoms with Gasteiger partial charge in [-0.3, -0.25) is 0 Å². The molecule has 9 heteroatoms. The van der Waals surface area contributed by atoms with E-state index in [9.17, 15) is 0 Å². The third kappa shape index (κ3) is 5.94. The largest absolute Gasteiger partial charge is 0.378 e. The minimum atomic E-state index is 0.329. The molecule has 1 aliphatic heterocycles. The van der Waals surface area contributed by atoms with Gasteiger partial charge in [-0.05, 0) is 70.6 Å². The molecule has 4 N–H and O–H groups in total. The molecule has 2 aliphatic carbocycles. The van der Waals surface area contributed by atoms with Gasteiger partial charge in [-0.2, -0.15) is 9.97 Å². The molecule has 1 unspecified atom stereocenters. The van der Waals surface area contributed by atoms with Crippen molar-refractivity contribution in [1.29, 1.82) is 0 Å². The molecule has 5 rings (SSSR count). The average Bonchev–Trinajstić information content (AvgIpc) is 3.56. The summed E-state index contributed by atoms with van der Waals surface area (Å²) in [5.74, 6) is 2.16. The second-order valence-electron chi connectivity index (χ2n) is 11.1. The van der Waals surface area contributed by atoms with Crippen molar-refractivity contribution < 1.29 is 4.74 Å². The van der Waals surface area contributed by atoms with E-state index >= 15 is 0 Å². The van der Waals surface area contributed by atoms with Crippen LogP contribution in [0.1, 0.15) is 96.9 Å². The lowest BCUT2D eigenvalue weighted by Gasteiger charge is -2.36. The number of piperidine rings is 1. The van der Waals surface area contributed by atoms with Gasteiger partial charge in [0.1, 0.15) is 0 Å². The van der Waals surface area contributed by atoms with Crippen LogP contribution in [0.5, 0.6) is 0 Å². The van der Waals surface area contributed by atoms with Crippen molar-refractivity contribution in [2.75, 3.05) is 30.4 Å². The molecule has 2 aromatic rings. The van der Waals surface area contributed by atoms with Gasteiger partial charge < -0.3 is 25.8 Å². The lowest BCUT2D eigenvalue weighted by atomic mass is 9.89. The smallest absolute Gasteiger partial charge is 0.227 e. The fourth-order valence-corrected chi connectivity index (χ4v) is 6.44. The van der Waals surface area contributed by atoms with Crippen LogP contribution >= 0.6 is 0 Å². The molecule has 0 spiro atoms. The Labute approximate surface area is 215 Å². The highest BCUT2D eigenvalue weighted by atomic mass is 16.5. The molecule has 0 bridgehead atoms. The van der Waals surface area contributed by atoms with Gasteiger partial charge in [-0.1, -0.05) is 26.2 Å². The Balaban J connectivity index is 1.33. The second-order valence-corrected chi connectivity index (χ2v) is 11.1. The van der Waals surface area contributed by atoms with E-state index in [1.807, 2.05) is 6.33 Å². The summed E-state index contributed by atoms with van der Waals surface area (Å²) in [6.07, 6.45) is 16.2. The number of nitrogens with zero attached hydrogens (tertiary/aromatic N) is 5. The number of fused-ring (bicyclic) bond motifs is 1. The minimum Gasteiger partial charge on any atom is -0.378 e. The summed E-state index contributed by atoms with van der Waals surface area (Å²) in [5.41, 5.74) is 11.6. The van der Waals surface area contributed by atoms with E-state index in [1.54, 1.807) is 0 Å². The number of nitrogens with two attached hydrogens (primary N) is 1. The maximum Gasteiger partial charge on any atom is 0.227 e. The Morgan fingerprint density at radius 3 is 2.47 bits per heavy atom. The van der Waals surface area contributed by atoms with Crippen LogP contribution in [0.3, 0.4) is 0 Å². The number of anilines is 2. The molecule has 9 nitrogen and oxygen atoms in total. The van der Waals surface area contributed by atoms with Crippen molar-refractivity contribution in [3.05, 3.63) is 6.33 Å². The molecule has 3 aliphatic rings. The lowest BCUT2D eigenvalue weighted by molar-refractivity contribution is -0.00622. The Hall–Kier alpha value is -1.97. The summed E-state index contributed by atoms with van der Waals surface area (Å²) in [4.78, 5) is 14.8.